The number of hydrogen-bond acceptors (Lipinski definition) is 4. The van der Waals surface area contributed by atoms with Crippen molar-refractivity contribution in [2.75, 3.05) is 31.9 Å². The summed E-state index contributed by atoms with van der Waals surface area (Å²) in [5.41, 5.74) is -4.73. The number of ether oxygens (including phenoxy) is 2. The zero-order valence-electron chi connectivity index (χ0n) is 14.8. The lowest BCUT2D eigenvalue weighted by atomic mass is 10.3. The SMILES string of the molecule is COCN(C(=O)NCCOc1ccccc1)c1ccc(SC(F)(F)F)cc1F. The number of urea groups is 1. The standard InChI is InChI=1S/C18H18F4N2O3S/c1-26-12-24(16-8-7-14(11-15(16)19)28-18(20,21)22)17(25)23-9-10-27-13-5-3-2-4-6-13/h2-8,11H,9-10,12H2,1H3,(H,23,25). The number of thioether (sulfide) groups is 1. The molecule has 0 unspecified atom stereocenters. The van der Waals surface area contributed by atoms with E-state index in [1.165, 1.54) is 7.11 Å². The van der Waals surface area contributed by atoms with Gasteiger partial charge in [0, 0.05) is 12.0 Å². The fraction of sp³-hybridized carbons (Fsp3) is 0.278. The van der Waals surface area contributed by atoms with Crippen molar-refractivity contribution in [3.63, 3.8) is 0 Å². The molecule has 0 atom stereocenters. The van der Waals surface area contributed by atoms with Crippen LogP contribution in [0.1, 0.15) is 0 Å². The highest BCUT2D eigenvalue weighted by molar-refractivity contribution is 8.00. The van der Waals surface area contributed by atoms with Crippen molar-refractivity contribution in [3.8, 4) is 5.75 Å². The van der Waals surface area contributed by atoms with Gasteiger partial charge in [-0.1, -0.05) is 18.2 Å². The fourth-order valence-corrected chi connectivity index (χ4v) is 2.78. The second-order valence-corrected chi connectivity index (χ2v) is 6.54. The summed E-state index contributed by atoms with van der Waals surface area (Å²) in [5, 5.41) is 2.55. The van der Waals surface area contributed by atoms with Gasteiger partial charge in [-0.15, -0.1) is 0 Å². The number of anilines is 1. The Kier molecular flexibility index (Phi) is 7.94. The molecular weight excluding hydrogens is 400 g/mol. The normalized spacial score (nSPS) is 11.2. The van der Waals surface area contributed by atoms with Gasteiger partial charge in [0.15, 0.2) is 0 Å². The number of methoxy groups -OCH3 is 1. The summed E-state index contributed by atoms with van der Waals surface area (Å²) >= 11 is -0.435. The number of carbonyl (C=O) groups is 1. The molecule has 0 aliphatic heterocycles. The van der Waals surface area contributed by atoms with Crippen LogP contribution in [0, 0.1) is 5.82 Å². The number of para-hydroxylation sites is 1. The minimum Gasteiger partial charge on any atom is -0.492 e. The van der Waals surface area contributed by atoms with Gasteiger partial charge in [0.2, 0.25) is 0 Å². The van der Waals surface area contributed by atoms with Gasteiger partial charge in [0.25, 0.3) is 0 Å². The molecule has 0 aliphatic carbocycles. The van der Waals surface area contributed by atoms with E-state index in [0.717, 1.165) is 23.1 Å². The lowest BCUT2D eigenvalue weighted by molar-refractivity contribution is -0.0328. The highest BCUT2D eigenvalue weighted by Crippen LogP contribution is 2.38. The molecule has 2 aromatic rings. The summed E-state index contributed by atoms with van der Waals surface area (Å²) in [5.74, 6) is -0.337. The first kappa shape index (κ1) is 21.8. The number of hydrogen-bond donors (Lipinski definition) is 1. The van der Waals surface area contributed by atoms with Gasteiger partial charge >= 0.3 is 11.5 Å². The van der Waals surface area contributed by atoms with Gasteiger partial charge in [-0.3, -0.25) is 4.90 Å². The van der Waals surface area contributed by atoms with Crippen molar-refractivity contribution in [2.24, 2.45) is 0 Å². The highest BCUT2D eigenvalue weighted by atomic mass is 32.2. The number of nitrogens with zero attached hydrogens (tertiary/aromatic N) is 1. The molecule has 2 amide bonds. The predicted octanol–water partition coefficient (Wildman–Crippen LogP) is 4.64. The van der Waals surface area contributed by atoms with Crippen LogP contribution in [0.5, 0.6) is 5.75 Å². The van der Waals surface area contributed by atoms with Gasteiger partial charge < -0.3 is 14.8 Å². The van der Waals surface area contributed by atoms with Crippen LogP contribution < -0.4 is 15.0 Å². The van der Waals surface area contributed by atoms with Gasteiger partial charge in [0.05, 0.1) is 12.2 Å². The molecule has 0 saturated carbocycles. The van der Waals surface area contributed by atoms with E-state index >= 15 is 0 Å². The smallest absolute Gasteiger partial charge is 0.446 e. The van der Waals surface area contributed by atoms with Crippen molar-refractivity contribution in [1.29, 1.82) is 0 Å². The number of amides is 2. The maximum atomic E-state index is 14.3. The van der Waals surface area contributed by atoms with Gasteiger partial charge in [-0.05, 0) is 42.1 Å². The Morgan fingerprint density at radius 3 is 2.50 bits per heavy atom. The van der Waals surface area contributed by atoms with Crippen LogP contribution in [0.4, 0.5) is 28.0 Å². The first-order valence-corrected chi connectivity index (χ1v) is 8.89. The fourth-order valence-electron chi connectivity index (χ4n) is 2.21. The quantitative estimate of drug-likeness (QED) is 0.294. The number of nitrogens with one attached hydrogen (secondary N) is 1. The second-order valence-electron chi connectivity index (χ2n) is 5.40. The van der Waals surface area contributed by atoms with Crippen LogP contribution in [-0.2, 0) is 4.74 Å². The molecule has 0 fully saturated rings. The third kappa shape index (κ3) is 6.93. The Balaban J connectivity index is 1.98. The molecule has 0 aromatic heterocycles. The lowest BCUT2D eigenvalue weighted by Gasteiger charge is -2.23. The van der Waals surface area contributed by atoms with E-state index in [2.05, 4.69) is 5.32 Å². The molecule has 10 heteroatoms. The summed E-state index contributed by atoms with van der Waals surface area (Å²) in [6.07, 6.45) is 0. The number of carbonyl (C=O) groups excluding carboxylic acids is 1. The molecule has 0 bridgehead atoms. The van der Waals surface area contributed by atoms with Crippen LogP contribution >= 0.6 is 11.8 Å². The molecule has 0 aliphatic rings. The first-order chi connectivity index (χ1) is 13.3. The highest BCUT2D eigenvalue weighted by Gasteiger charge is 2.30. The summed E-state index contributed by atoms with van der Waals surface area (Å²) in [4.78, 5) is 13.0. The summed E-state index contributed by atoms with van der Waals surface area (Å²) in [6, 6.07) is 11.2. The Morgan fingerprint density at radius 2 is 1.89 bits per heavy atom. The van der Waals surface area contributed by atoms with Crippen molar-refractivity contribution < 1.29 is 31.8 Å². The third-order valence-electron chi connectivity index (χ3n) is 3.34. The predicted molar refractivity (Wildman–Crippen MR) is 98.0 cm³/mol. The van der Waals surface area contributed by atoms with Crippen molar-refractivity contribution in [1.82, 2.24) is 5.32 Å². The molecular formula is C18H18F4N2O3S. The largest absolute Gasteiger partial charge is 0.492 e. The average Bonchev–Trinajstić information content (AvgIpc) is 2.63. The molecule has 28 heavy (non-hydrogen) atoms. The summed E-state index contributed by atoms with van der Waals surface area (Å²) in [6.45, 7) is 0.0336. The molecule has 1 N–H and O–H groups in total. The van der Waals surface area contributed by atoms with Crippen LogP contribution in [0.2, 0.25) is 0 Å². The van der Waals surface area contributed by atoms with E-state index in [0.29, 0.717) is 5.75 Å². The number of benzene rings is 2. The minimum atomic E-state index is -4.53. The monoisotopic (exact) mass is 418 g/mol. The van der Waals surface area contributed by atoms with E-state index in [9.17, 15) is 22.4 Å². The van der Waals surface area contributed by atoms with E-state index in [1.807, 2.05) is 6.07 Å². The van der Waals surface area contributed by atoms with Crippen LogP contribution in [-0.4, -0.2) is 38.5 Å². The molecule has 152 valence electrons. The van der Waals surface area contributed by atoms with E-state index in [-0.39, 0.29) is 30.5 Å². The Bertz CT molecular complexity index is 775. The third-order valence-corrected chi connectivity index (χ3v) is 4.06. The topological polar surface area (TPSA) is 50.8 Å². The van der Waals surface area contributed by atoms with Gasteiger partial charge in [0.1, 0.15) is 24.9 Å². The number of alkyl halides is 3. The lowest BCUT2D eigenvalue weighted by Crippen LogP contribution is -2.43. The first-order valence-electron chi connectivity index (χ1n) is 8.07. The molecule has 5 nitrogen and oxygen atoms in total. The van der Waals surface area contributed by atoms with Gasteiger partial charge in [-0.25, -0.2) is 9.18 Å². The van der Waals surface area contributed by atoms with Crippen molar-refractivity contribution in [2.45, 2.75) is 10.4 Å². The Morgan fingerprint density at radius 1 is 1.18 bits per heavy atom. The maximum absolute atomic E-state index is 14.3. The van der Waals surface area contributed by atoms with Crippen LogP contribution in [0.25, 0.3) is 0 Å². The molecule has 0 spiro atoms. The second kappa shape index (κ2) is 10.2. The van der Waals surface area contributed by atoms with E-state index in [1.54, 1.807) is 24.3 Å². The molecule has 0 radical (unpaired) electrons. The van der Waals surface area contributed by atoms with Crippen molar-refractivity contribution >= 4 is 23.5 Å². The summed E-state index contributed by atoms with van der Waals surface area (Å²) < 4.78 is 61.9. The maximum Gasteiger partial charge on any atom is 0.446 e. The average molecular weight is 418 g/mol. The van der Waals surface area contributed by atoms with Crippen LogP contribution in [0.3, 0.4) is 0 Å². The number of halogens is 4. The van der Waals surface area contributed by atoms with Crippen molar-refractivity contribution in [3.05, 3.63) is 54.3 Å². The zero-order chi connectivity index (χ0) is 20.6. The Labute approximate surface area is 163 Å². The van der Waals surface area contributed by atoms with E-state index in [4.69, 9.17) is 9.47 Å². The minimum absolute atomic E-state index is 0.136. The van der Waals surface area contributed by atoms with Gasteiger partial charge in [-0.2, -0.15) is 13.2 Å². The number of rotatable bonds is 8. The van der Waals surface area contributed by atoms with Crippen LogP contribution in [0.15, 0.2) is 53.4 Å². The van der Waals surface area contributed by atoms with E-state index < -0.39 is 29.1 Å². The Hall–Kier alpha value is -2.46. The summed E-state index contributed by atoms with van der Waals surface area (Å²) in [7, 11) is 1.31. The molecule has 0 heterocycles. The zero-order valence-corrected chi connectivity index (χ0v) is 15.6. The molecule has 2 aromatic carbocycles. The molecule has 2 rings (SSSR count). The molecule has 0 saturated heterocycles.